The molecule has 2 fully saturated rings. The van der Waals surface area contributed by atoms with E-state index in [0.29, 0.717) is 17.7 Å². The molecule has 9 nitrogen and oxygen atoms in total. The molecule has 2 heterocycles. The summed E-state index contributed by atoms with van der Waals surface area (Å²) >= 11 is 0. The number of phenols is 1. The highest BCUT2D eigenvalue weighted by molar-refractivity contribution is 6.99. The Morgan fingerprint density at radius 2 is 1.58 bits per heavy atom. The Hall–Kier alpha value is -4.29. The van der Waals surface area contributed by atoms with Crippen LogP contribution >= 0.6 is 0 Å². The van der Waals surface area contributed by atoms with Crippen LogP contribution in [0, 0.1) is 17.8 Å². The van der Waals surface area contributed by atoms with Crippen molar-refractivity contribution >= 4 is 49.8 Å². The standard InChI is InChI=1S/C41H48BNO8Si/c1-6-27(23-28-17-20-30(44)21-18-28)19-22-35-36-29(24-33-37(34(36)25-42(48)51-35)39(46)43(38(33)45)40(47)49-5)26-50-52(41(2,3)4,31-13-9-7-10-14-31)32-15-11-8-12-16-32/h7-18,20-21,23,33-35,37,44,48H,6,19,22,24-26H2,1-5H3/b27-23+/t33-,34+,35-,37-/m1/s1. The molecule has 4 atom stereocenters. The Balaban J connectivity index is 1.43. The molecule has 0 bridgehead atoms. The molecule has 2 N–H and O–H groups in total. The zero-order chi connectivity index (χ0) is 37.2. The fourth-order valence-electron chi connectivity index (χ4n) is 8.60. The topological polar surface area (TPSA) is 123 Å². The van der Waals surface area contributed by atoms with Crippen molar-refractivity contribution < 1.29 is 38.3 Å². The first-order valence-corrected chi connectivity index (χ1v) is 20.0. The minimum atomic E-state index is -3.00. The number of likely N-dealkylation sites (tertiary alicyclic amines) is 1. The Morgan fingerprint density at radius 1 is 0.962 bits per heavy atom. The molecule has 0 radical (unpaired) electrons. The second-order valence-corrected chi connectivity index (χ2v) is 19.3. The molecule has 2 saturated heterocycles. The lowest BCUT2D eigenvalue weighted by molar-refractivity contribution is -0.137. The number of nitrogens with zero attached hydrogens (tertiary/aromatic N) is 1. The Bertz CT molecular complexity index is 1800. The maximum Gasteiger partial charge on any atom is 0.455 e. The number of phenolic OH excluding ortho intramolecular Hbond substituents is 1. The van der Waals surface area contributed by atoms with Gasteiger partial charge in [-0.25, -0.2) is 4.79 Å². The SMILES string of the molecule is CC/C(=C\c1ccc(O)cc1)CC[C@H]1OB(O)C[C@H]2C1=C(CO[Si](c1ccccc1)(c1ccccc1)C(C)(C)C)C[C@H]1C(=O)N(C(=O)OC)C(=O)[C@H]12. The number of fused-ring (bicyclic) bond motifs is 3. The molecule has 52 heavy (non-hydrogen) atoms. The summed E-state index contributed by atoms with van der Waals surface area (Å²) in [5.41, 5.74) is 3.89. The van der Waals surface area contributed by atoms with Gasteiger partial charge in [-0.1, -0.05) is 112 Å². The maximum atomic E-state index is 13.9. The normalized spacial score (nSPS) is 22.4. The van der Waals surface area contributed by atoms with Gasteiger partial charge >= 0.3 is 13.2 Å². The Kier molecular flexibility index (Phi) is 11.1. The number of amides is 3. The van der Waals surface area contributed by atoms with E-state index in [1.54, 1.807) is 12.1 Å². The average molecular weight is 722 g/mol. The number of allylic oxidation sites excluding steroid dienone is 1. The van der Waals surface area contributed by atoms with Crippen molar-refractivity contribution in [2.75, 3.05) is 13.7 Å². The molecule has 2 aliphatic heterocycles. The number of hydrogen-bond donors (Lipinski definition) is 2. The number of carbonyl (C=O) groups excluding carboxylic acids is 3. The minimum absolute atomic E-state index is 0.119. The Morgan fingerprint density at radius 3 is 2.13 bits per heavy atom. The predicted molar refractivity (Wildman–Crippen MR) is 203 cm³/mol. The van der Waals surface area contributed by atoms with Crippen molar-refractivity contribution in [2.45, 2.75) is 70.8 Å². The van der Waals surface area contributed by atoms with E-state index in [9.17, 15) is 24.5 Å². The van der Waals surface area contributed by atoms with Gasteiger partial charge in [0.25, 0.3) is 8.32 Å². The minimum Gasteiger partial charge on any atom is -0.508 e. The molecule has 6 rings (SSSR count). The smallest absolute Gasteiger partial charge is 0.455 e. The summed E-state index contributed by atoms with van der Waals surface area (Å²) in [4.78, 5) is 41.1. The molecular formula is C41H48BNO8Si. The molecule has 0 unspecified atom stereocenters. The summed E-state index contributed by atoms with van der Waals surface area (Å²) < 4.78 is 18.6. The zero-order valence-corrected chi connectivity index (χ0v) is 31.6. The Labute approximate surface area is 307 Å². The van der Waals surface area contributed by atoms with Gasteiger partial charge in [0.1, 0.15) is 5.75 Å². The van der Waals surface area contributed by atoms with E-state index in [0.717, 1.165) is 46.2 Å². The summed E-state index contributed by atoms with van der Waals surface area (Å²) in [6.45, 7) is 8.91. The van der Waals surface area contributed by atoms with Gasteiger partial charge < -0.3 is 23.9 Å². The van der Waals surface area contributed by atoms with E-state index in [1.165, 1.54) is 0 Å². The van der Waals surface area contributed by atoms with Crippen molar-refractivity contribution in [2.24, 2.45) is 17.8 Å². The van der Waals surface area contributed by atoms with Crippen molar-refractivity contribution in [3.05, 3.63) is 107 Å². The monoisotopic (exact) mass is 721 g/mol. The van der Waals surface area contributed by atoms with Gasteiger partial charge in [0.15, 0.2) is 0 Å². The highest BCUT2D eigenvalue weighted by Crippen LogP contribution is 2.51. The summed E-state index contributed by atoms with van der Waals surface area (Å²) in [5, 5.41) is 22.8. The molecular weight excluding hydrogens is 673 g/mol. The van der Waals surface area contributed by atoms with E-state index in [2.05, 4.69) is 58.0 Å². The number of imide groups is 3. The van der Waals surface area contributed by atoms with E-state index in [-0.39, 0.29) is 30.1 Å². The first-order valence-electron chi connectivity index (χ1n) is 18.1. The molecule has 272 valence electrons. The summed E-state index contributed by atoms with van der Waals surface area (Å²) in [6, 6.07) is 27.7. The van der Waals surface area contributed by atoms with Gasteiger partial charge in [-0.15, -0.1) is 0 Å². The third kappa shape index (κ3) is 7.07. The van der Waals surface area contributed by atoms with Crippen LogP contribution in [0.3, 0.4) is 0 Å². The molecule has 0 aromatic heterocycles. The molecule has 0 saturated carbocycles. The van der Waals surface area contributed by atoms with Crippen molar-refractivity contribution in [3.8, 4) is 5.75 Å². The number of aromatic hydroxyl groups is 1. The fraction of sp³-hybridized carbons (Fsp3) is 0.390. The number of rotatable bonds is 10. The quantitative estimate of drug-likeness (QED) is 0.146. The van der Waals surface area contributed by atoms with Crippen LogP contribution in [0.4, 0.5) is 4.79 Å². The molecule has 3 aromatic carbocycles. The van der Waals surface area contributed by atoms with Gasteiger partial charge in [0.05, 0.1) is 31.7 Å². The first-order chi connectivity index (χ1) is 24.9. The zero-order valence-electron chi connectivity index (χ0n) is 30.6. The first kappa shape index (κ1) is 37.5. The molecule has 1 aliphatic carbocycles. The lowest BCUT2D eigenvalue weighted by Gasteiger charge is -2.46. The molecule has 3 amide bonds. The number of carbonyl (C=O) groups is 3. The summed E-state index contributed by atoms with van der Waals surface area (Å²) in [5.74, 6) is -3.10. The van der Waals surface area contributed by atoms with Gasteiger partial charge in [0.2, 0.25) is 11.8 Å². The second kappa shape index (κ2) is 15.4. The average Bonchev–Trinajstić information content (AvgIpc) is 3.39. The number of methoxy groups -OCH3 is 1. The third-order valence-corrected chi connectivity index (χ3v) is 16.0. The van der Waals surface area contributed by atoms with Gasteiger partial charge in [-0.05, 0) is 82.2 Å². The van der Waals surface area contributed by atoms with Crippen LogP contribution in [0.2, 0.25) is 11.4 Å². The molecule has 0 spiro atoms. The lowest BCUT2D eigenvalue weighted by atomic mass is 9.58. The van der Waals surface area contributed by atoms with Crippen LogP contribution in [0.1, 0.15) is 58.9 Å². The number of ether oxygens (including phenoxy) is 1. The van der Waals surface area contributed by atoms with E-state index in [1.807, 2.05) is 48.5 Å². The van der Waals surface area contributed by atoms with Crippen LogP contribution < -0.4 is 10.4 Å². The molecule has 3 aliphatic rings. The molecule has 3 aromatic rings. The fourth-order valence-corrected chi connectivity index (χ4v) is 13.1. The largest absolute Gasteiger partial charge is 0.508 e. The highest BCUT2D eigenvalue weighted by atomic mass is 28.4. The van der Waals surface area contributed by atoms with Gasteiger partial charge in [-0.3, -0.25) is 9.59 Å². The van der Waals surface area contributed by atoms with Crippen molar-refractivity contribution in [1.29, 1.82) is 0 Å². The van der Waals surface area contributed by atoms with Crippen LogP contribution in [0.25, 0.3) is 6.08 Å². The summed E-state index contributed by atoms with van der Waals surface area (Å²) in [7, 11) is -3.00. The second-order valence-electron chi connectivity index (χ2n) is 15.0. The number of hydrogen-bond acceptors (Lipinski definition) is 8. The lowest BCUT2D eigenvalue weighted by Crippen LogP contribution is -2.66. The maximum absolute atomic E-state index is 13.9. The van der Waals surface area contributed by atoms with E-state index in [4.69, 9.17) is 13.8 Å². The van der Waals surface area contributed by atoms with Crippen LogP contribution in [0.15, 0.2) is 102 Å². The third-order valence-electron chi connectivity index (χ3n) is 11.0. The van der Waals surface area contributed by atoms with Crippen molar-refractivity contribution in [1.82, 2.24) is 4.90 Å². The summed E-state index contributed by atoms with van der Waals surface area (Å²) in [6.07, 6.45) is 2.88. The van der Waals surface area contributed by atoms with Crippen molar-refractivity contribution in [3.63, 3.8) is 0 Å². The van der Waals surface area contributed by atoms with Gasteiger partial charge in [0, 0.05) is 0 Å². The van der Waals surface area contributed by atoms with E-state index < -0.39 is 57.2 Å². The number of benzene rings is 3. The predicted octanol–water partition coefficient (Wildman–Crippen LogP) is 6.11. The highest BCUT2D eigenvalue weighted by Gasteiger charge is 2.59. The van der Waals surface area contributed by atoms with Crippen LogP contribution in [-0.2, 0) is 23.4 Å². The van der Waals surface area contributed by atoms with Crippen LogP contribution in [-0.4, -0.2) is 68.2 Å². The molecule has 11 heteroatoms. The van der Waals surface area contributed by atoms with Crippen LogP contribution in [0.5, 0.6) is 5.75 Å². The van der Waals surface area contributed by atoms with E-state index >= 15 is 0 Å². The van der Waals surface area contributed by atoms with Gasteiger partial charge in [-0.2, -0.15) is 4.90 Å².